The van der Waals surface area contributed by atoms with E-state index in [1.165, 1.54) is 0 Å². The third kappa shape index (κ3) is 1.85. The molecule has 0 amide bonds. The van der Waals surface area contributed by atoms with Crippen molar-refractivity contribution < 1.29 is 14.6 Å². The van der Waals surface area contributed by atoms with Gasteiger partial charge in [-0.05, 0) is 11.6 Å². The van der Waals surface area contributed by atoms with Gasteiger partial charge in [-0.15, -0.1) is 12.4 Å². The highest BCUT2D eigenvalue weighted by molar-refractivity contribution is 5.85. The normalized spacial score (nSPS) is 17.3. The summed E-state index contributed by atoms with van der Waals surface area (Å²) in [5.74, 6) is -0.559. The highest BCUT2D eigenvalue weighted by Gasteiger charge is 2.29. The molecular weight excluding hydrogens is 218 g/mol. The molecule has 2 rings (SSSR count). The number of carboxylic acid groups (broad SMARTS) is 1. The fraction of sp³-hybridized carbons (Fsp3) is 0.300. The molecule has 0 saturated carbocycles. The molecule has 1 heterocycles. The summed E-state index contributed by atoms with van der Waals surface area (Å²) >= 11 is 0. The van der Waals surface area contributed by atoms with Crippen LogP contribution in [0.15, 0.2) is 18.2 Å². The summed E-state index contributed by atoms with van der Waals surface area (Å²) in [5, 5.41) is 12.0. The van der Waals surface area contributed by atoms with Crippen LogP contribution in [0.2, 0.25) is 0 Å². The van der Waals surface area contributed by atoms with E-state index in [9.17, 15) is 4.79 Å². The molecule has 2 N–H and O–H groups in total. The number of para-hydroxylation sites is 1. The van der Waals surface area contributed by atoms with Crippen LogP contribution in [0.3, 0.4) is 0 Å². The second-order valence-corrected chi connectivity index (χ2v) is 3.20. The highest BCUT2D eigenvalue weighted by Crippen LogP contribution is 2.38. The molecule has 15 heavy (non-hydrogen) atoms. The predicted molar refractivity (Wildman–Crippen MR) is 59.1 cm³/mol. The number of ether oxygens (including phenoxy) is 1. The van der Waals surface area contributed by atoms with Crippen LogP contribution in [0.25, 0.3) is 0 Å². The molecule has 1 aromatic carbocycles. The monoisotopic (exact) mass is 229 g/mol. The number of hydrogen-bond acceptors (Lipinski definition) is 3. The molecular formula is C10H12ClNO3. The van der Waals surface area contributed by atoms with Crippen molar-refractivity contribution in [3.8, 4) is 5.75 Å². The average molecular weight is 230 g/mol. The van der Waals surface area contributed by atoms with Crippen LogP contribution in [0.1, 0.15) is 11.5 Å². The van der Waals surface area contributed by atoms with Crippen molar-refractivity contribution in [3.63, 3.8) is 0 Å². The smallest absolute Gasteiger partial charge is 0.312 e. The lowest BCUT2D eigenvalue weighted by atomic mass is 10.0. The number of nitrogens with one attached hydrogen (secondary N) is 1. The Hall–Kier alpha value is -1.42. The van der Waals surface area contributed by atoms with Crippen LogP contribution >= 0.6 is 12.4 Å². The van der Waals surface area contributed by atoms with Crippen molar-refractivity contribution in [3.05, 3.63) is 23.8 Å². The number of anilines is 1. The predicted octanol–water partition coefficient (Wildman–Crippen LogP) is 1.71. The number of benzene rings is 1. The zero-order valence-corrected chi connectivity index (χ0v) is 9.00. The zero-order chi connectivity index (χ0) is 10.1. The first kappa shape index (κ1) is 11.7. The molecule has 1 aliphatic heterocycles. The van der Waals surface area contributed by atoms with Crippen LogP contribution in [0.4, 0.5) is 5.69 Å². The van der Waals surface area contributed by atoms with Crippen molar-refractivity contribution in [2.45, 2.75) is 5.92 Å². The van der Waals surface area contributed by atoms with E-state index in [4.69, 9.17) is 9.84 Å². The van der Waals surface area contributed by atoms with Crippen LogP contribution in [-0.2, 0) is 4.79 Å². The number of halogens is 1. The summed E-state index contributed by atoms with van der Waals surface area (Å²) < 4.78 is 5.13. The first-order valence-electron chi connectivity index (χ1n) is 4.37. The number of fused-ring (bicyclic) bond motifs is 1. The lowest BCUT2D eigenvalue weighted by Gasteiger charge is -2.07. The number of carboxylic acids is 1. The number of rotatable bonds is 2. The van der Waals surface area contributed by atoms with E-state index in [2.05, 4.69) is 5.32 Å². The fourth-order valence-electron chi connectivity index (χ4n) is 1.73. The molecule has 0 radical (unpaired) electrons. The topological polar surface area (TPSA) is 58.6 Å². The highest BCUT2D eigenvalue weighted by atomic mass is 35.5. The minimum Gasteiger partial charge on any atom is -0.495 e. The summed E-state index contributed by atoms with van der Waals surface area (Å²) in [6.45, 7) is 0.436. The Kier molecular flexibility index (Phi) is 3.42. The van der Waals surface area contributed by atoms with Crippen molar-refractivity contribution in [2.24, 2.45) is 0 Å². The fourth-order valence-corrected chi connectivity index (χ4v) is 1.73. The summed E-state index contributed by atoms with van der Waals surface area (Å²) in [6.07, 6.45) is 0. The molecule has 1 atom stereocenters. The van der Waals surface area contributed by atoms with Gasteiger partial charge in [0.15, 0.2) is 0 Å². The maximum absolute atomic E-state index is 10.9. The molecule has 0 spiro atoms. The van der Waals surface area contributed by atoms with Gasteiger partial charge in [-0.3, -0.25) is 4.79 Å². The van der Waals surface area contributed by atoms with E-state index in [-0.39, 0.29) is 12.4 Å². The molecule has 0 aliphatic carbocycles. The van der Waals surface area contributed by atoms with Crippen molar-refractivity contribution in [1.82, 2.24) is 0 Å². The standard InChI is InChI=1S/C10H11NO3.ClH/c1-14-8-4-2-3-6-7(10(12)13)5-11-9(6)8;/h2-4,7,11H,5H2,1H3,(H,12,13);1H. The number of methoxy groups -OCH3 is 1. The first-order valence-corrected chi connectivity index (χ1v) is 4.37. The number of aliphatic carboxylic acids is 1. The minimum absolute atomic E-state index is 0. The van der Waals surface area contributed by atoms with Gasteiger partial charge in [0.05, 0.1) is 12.8 Å². The van der Waals surface area contributed by atoms with Gasteiger partial charge in [-0.1, -0.05) is 12.1 Å². The molecule has 1 aliphatic rings. The quantitative estimate of drug-likeness (QED) is 0.811. The third-order valence-corrected chi connectivity index (χ3v) is 2.43. The van der Waals surface area contributed by atoms with Gasteiger partial charge in [0.25, 0.3) is 0 Å². The van der Waals surface area contributed by atoms with Gasteiger partial charge in [0.2, 0.25) is 0 Å². The Balaban J connectivity index is 0.00000112. The molecule has 4 nitrogen and oxygen atoms in total. The zero-order valence-electron chi connectivity index (χ0n) is 8.19. The maximum atomic E-state index is 10.9. The van der Waals surface area contributed by atoms with Crippen molar-refractivity contribution in [2.75, 3.05) is 19.0 Å². The lowest BCUT2D eigenvalue weighted by molar-refractivity contribution is -0.138. The summed E-state index contributed by atoms with van der Waals surface area (Å²) in [6, 6.07) is 5.44. The molecule has 5 heteroatoms. The lowest BCUT2D eigenvalue weighted by Crippen LogP contribution is -2.12. The Morgan fingerprint density at radius 2 is 2.33 bits per heavy atom. The molecule has 0 fully saturated rings. The van der Waals surface area contributed by atoms with E-state index in [0.717, 1.165) is 11.3 Å². The summed E-state index contributed by atoms with van der Waals surface area (Å²) in [7, 11) is 1.57. The van der Waals surface area contributed by atoms with Crippen LogP contribution in [0.5, 0.6) is 5.75 Å². The third-order valence-electron chi connectivity index (χ3n) is 2.43. The minimum atomic E-state index is -0.801. The van der Waals surface area contributed by atoms with Crippen LogP contribution in [0, 0.1) is 0 Å². The van der Waals surface area contributed by atoms with Crippen LogP contribution < -0.4 is 10.1 Å². The largest absolute Gasteiger partial charge is 0.495 e. The number of hydrogen-bond donors (Lipinski definition) is 2. The van der Waals surface area contributed by atoms with Gasteiger partial charge in [-0.2, -0.15) is 0 Å². The van der Waals surface area contributed by atoms with E-state index >= 15 is 0 Å². The molecule has 1 aromatic rings. The maximum Gasteiger partial charge on any atom is 0.312 e. The van der Waals surface area contributed by atoms with Gasteiger partial charge < -0.3 is 15.2 Å². The van der Waals surface area contributed by atoms with Gasteiger partial charge in [-0.25, -0.2) is 0 Å². The van der Waals surface area contributed by atoms with Crippen molar-refractivity contribution in [1.29, 1.82) is 0 Å². The van der Waals surface area contributed by atoms with Crippen molar-refractivity contribution >= 4 is 24.1 Å². The number of carbonyl (C=O) groups is 1. The second kappa shape index (κ2) is 4.40. The van der Waals surface area contributed by atoms with E-state index in [0.29, 0.717) is 12.3 Å². The second-order valence-electron chi connectivity index (χ2n) is 3.20. The van der Waals surface area contributed by atoms with Crippen LogP contribution in [-0.4, -0.2) is 24.7 Å². The molecule has 1 unspecified atom stereocenters. The van der Waals surface area contributed by atoms with Gasteiger partial charge in [0.1, 0.15) is 11.7 Å². The van der Waals surface area contributed by atoms with E-state index in [1.54, 1.807) is 13.2 Å². The van der Waals surface area contributed by atoms with Gasteiger partial charge >= 0.3 is 5.97 Å². The molecule has 0 bridgehead atoms. The Bertz CT molecular complexity index is 381. The van der Waals surface area contributed by atoms with E-state index < -0.39 is 11.9 Å². The molecule has 0 aromatic heterocycles. The Morgan fingerprint density at radius 1 is 1.60 bits per heavy atom. The molecule has 82 valence electrons. The summed E-state index contributed by atoms with van der Waals surface area (Å²) in [5.41, 5.74) is 1.61. The average Bonchev–Trinajstić information content (AvgIpc) is 2.60. The Labute approximate surface area is 93.7 Å². The molecule has 0 saturated heterocycles. The van der Waals surface area contributed by atoms with Gasteiger partial charge in [0, 0.05) is 6.54 Å². The van der Waals surface area contributed by atoms with E-state index in [1.807, 2.05) is 12.1 Å². The summed E-state index contributed by atoms with van der Waals surface area (Å²) in [4.78, 5) is 10.9. The Morgan fingerprint density at radius 3 is 2.93 bits per heavy atom. The SMILES string of the molecule is COc1cccc2c1NCC2C(=O)O.Cl. The first-order chi connectivity index (χ1) is 6.74.